The fraction of sp³-hybridized carbons (Fsp3) is 0. The minimum absolute atomic E-state index is 0.256. The Labute approximate surface area is 116 Å². The largest absolute Gasteiger partial charge is 0.456 e. The first-order valence-electron chi connectivity index (χ1n) is 6.49. The highest BCUT2D eigenvalue weighted by Crippen LogP contribution is 2.46. The van der Waals surface area contributed by atoms with Crippen molar-refractivity contribution in [3.8, 4) is 33.8 Å². The van der Waals surface area contributed by atoms with Crippen LogP contribution in [0.25, 0.3) is 22.3 Å². The van der Waals surface area contributed by atoms with E-state index < -0.39 is 0 Å². The van der Waals surface area contributed by atoms with Crippen LogP contribution in [0.2, 0.25) is 0 Å². The normalized spacial score (nSPS) is 11.7. The zero-order chi connectivity index (χ0) is 13.5. The van der Waals surface area contributed by atoms with Crippen LogP contribution in [-0.2, 0) is 0 Å². The van der Waals surface area contributed by atoms with Crippen LogP contribution < -0.4 is 4.74 Å². The summed E-state index contributed by atoms with van der Waals surface area (Å²) >= 11 is 0. The van der Waals surface area contributed by atoms with Gasteiger partial charge in [0.15, 0.2) is 0 Å². The van der Waals surface area contributed by atoms with Crippen LogP contribution in [-0.4, -0.2) is 0 Å². The van der Waals surface area contributed by atoms with Crippen molar-refractivity contribution in [3.63, 3.8) is 0 Å². The Kier molecular flexibility index (Phi) is 2.36. The molecule has 1 heterocycles. The van der Waals surface area contributed by atoms with Crippen molar-refractivity contribution in [2.75, 3.05) is 0 Å². The number of rotatable bonds is 0. The molecular formula is C18H11FO. The molecule has 0 aliphatic carbocycles. The van der Waals surface area contributed by atoms with Gasteiger partial charge in [0.05, 0.1) is 0 Å². The summed E-state index contributed by atoms with van der Waals surface area (Å²) in [7, 11) is 0. The van der Waals surface area contributed by atoms with Gasteiger partial charge in [-0.2, -0.15) is 0 Å². The van der Waals surface area contributed by atoms with E-state index in [4.69, 9.17) is 4.74 Å². The molecule has 0 atom stereocenters. The van der Waals surface area contributed by atoms with Crippen molar-refractivity contribution < 1.29 is 9.13 Å². The smallest absolute Gasteiger partial charge is 0.135 e. The van der Waals surface area contributed by atoms with E-state index in [1.807, 2.05) is 48.5 Å². The molecule has 0 saturated carbocycles. The first-order valence-corrected chi connectivity index (χ1v) is 6.49. The Balaban J connectivity index is 2.12. The Hall–Kier alpha value is -2.61. The SMILES string of the molecule is Fc1ccc2c(c1)-c1ccccc1-c1ccccc1O2. The van der Waals surface area contributed by atoms with E-state index in [1.165, 1.54) is 12.1 Å². The molecule has 0 aromatic heterocycles. The van der Waals surface area contributed by atoms with Crippen LogP contribution >= 0.6 is 0 Å². The Morgan fingerprint density at radius 1 is 0.600 bits per heavy atom. The van der Waals surface area contributed by atoms with Gasteiger partial charge in [0.25, 0.3) is 0 Å². The van der Waals surface area contributed by atoms with Gasteiger partial charge in [-0.1, -0.05) is 42.5 Å². The highest BCUT2D eigenvalue weighted by Gasteiger charge is 2.20. The van der Waals surface area contributed by atoms with Crippen LogP contribution in [0.4, 0.5) is 4.39 Å². The average Bonchev–Trinajstić information content (AvgIpc) is 2.62. The molecule has 1 nitrogen and oxygen atoms in total. The maximum atomic E-state index is 13.6. The average molecular weight is 262 g/mol. The quantitative estimate of drug-likeness (QED) is 0.419. The summed E-state index contributed by atoms with van der Waals surface area (Å²) in [5.41, 5.74) is 3.87. The molecule has 4 rings (SSSR count). The van der Waals surface area contributed by atoms with Gasteiger partial charge in [0.2, 0.25) is 0 Å². The predicted molar refractivity (Wildman–Crippen MR) is 77.3 cm³/mol. The molecule has 2 heteroatoms. The molecule has 0 radical (unpaired) electrons. The molecule has 96 valence electrons. The van der Waals surface area contributed by atoms with Crippen LogP contribution in [0.15, 0.2) is 66.7 Å². The van der Waals surface area contributed by atoms with Crippen LogP contribution in [0.3, 0.4) is 0 Å². The third kappa shape index (κ3) is 1.62. The lowest BCUT2D eigenvalue weighted by Gasteiger charge is -2.08. The summed E-state index contributed by atoms with van der Waals surface area (Å²) in [4.78, 5) is 0. The third-order valence-corrected chi connectivity index (χ3v) is 3.56. The van der Waals surface area contributed by atoms with Crippen LogP contribution in [0, 0.1) is 5.82 Å². The second-order valence-electron chi connectivity index (χ2n) is 4.78. The molecule has 3 aromatic carbocycles. The van der Waals surface area contributed by atoms with E-state index >= 15 is 0 Å². The van der Waals surface area contributed by atoms with Gasteiger partial charge in [-0.15, -0.1) is 0 Å². The topological polar surface area (TPSA) is 9.23 Å². The van der Waals surface area contributed by atoms with Crippen molar-refractivity contribution in [2.24, 2.45) is 0 Å². The van der Waals surface area contributed by atoms with E-state index in [0.29, 0.717) is 5.75 Å². The maximum absolute atomic E-state index is 13.6. The number of hydrogen-bond acceptors (Lipinski definition) is 1. The lowest BCUT2D eigenvalue weighted by atomic mass is 9.95. The van der Waals surface area contributed by atoms with Crippen LogP contribution in [0.5, 0.6) is 11.5 Å². The Morgan fingerprint density at radius 2 is 1.20 bits per heavy atom. The Morgan fingerprint density at radius 3 is 2.00 bits per heavy atom. The second-order valence-corrected chi connectivity index (χ2v) is 4.78. The van der Waals surface area contributed by atoms with Gasteiger partial charge in [0, 0.05) is 11.1 Å². The first-order chi connectivity index (χ1) is 9.83. The minimum Gasteiger partial charge on any atom is -0.456 e. The molecule has 0 unspecified atom stereocenters. The van der Waals surface area contributed by atoms with Gasteiger partial charge >= 0.3 is 0 Å². The van der Waals surface area contributed by atoms with Gasteiger partial charge in [-0.3, -0.25) is 0 Å². The molecule has 1 aliphatic rings. The molecule has 0 amide bonds. The van der Waals surface area contributed by atoms with Crippen LogP contribution in [0.1, 0.15) is 0 Å². The number of ether oxygens (including phenoxy) is 1. The summed E-state index contributed by atoms with van der Waals surface area (Å²) in [6.07, 6.45) is 0. The molecule has 20 heavy (non-hydrogen) atoms. The molecule has 0 fully saturated rings. The summed E-state index contributed by atoms with van der Waals surface area (Å²) in [6, 6.07) is 20.5. The lowest BCUT2D eigenvalue weighted by molar-refractivity contribution is 0.486. The number of para-hydroxylation sites is 1. The number of fused-ring (bicyclic) bond motifs is 5. The fourth-order valence-corrected chi connectivity index (χ4v) is 2.65. The summed E-state index contributed by atoms with van der Waals surface area (Å²) in [5.74, 6) is 1.22. The molecule has 3 aromatic rings. The standard InChI is InChI=1S/C18H11FO/c19-12-9-10-18-16(11-12)14-6-2-1-5-13(14)15-7-3-4-8-17(15)20-18/h1-11H. The third-order valence-electron chi connectivity index (χ3n) is 3.56. The highest BCUT2D eigenvalue weighted by molar-refractivity contribution is 5.90. The predicted octanol–water partition coefficient (Wildman–Crippen LogP) is 5.27. The monoisotopic (exact) mass is 262 g/mol. The van der Waals surface area contributed by atoms with Gasteiger partial charge in [-0.05, 0) is 35.4 Å². The van der Waals surface area contributed by atoms with Gasteiger partial charge in [0.1, 0.15) is 17.3 Å². The second kappa shape index (κ2) is 4.20. The van der Waals surface area contributed by atoms with Gasteiger partial charge in [-0.25, -0.2) is 4.39 Å². The molecule has 0 bridgehead atoms. The van der Waals surface area contributed by atoms with E-state index in [-0.39, 0.29) is 5.82 Å². The Bertz CT molecular complexity index is 808. The molecular weight excluding hydrogens is 251 g/mol. The van der Waals surface area contributed by atoms with Crippen molar-refractivity contribution in [3.05, 3.63) is 72.5 Å². The van der Waals surface area contributed by atoms with E-state index in [9.17, 15) is 4.39 Å². The highest BCUT2D eigenvalue weighted by atomic mass is 19.1. The summed E-state index contributed by atoms with van der Waals surface area (Å²) in [5, 5.41) is 0. The van der Waals surface area contributed by atoms with Crippen molar-refractivity contribution in [1.82, 2.24) is 0 Å². The molecule has 0 saturated heterocycles. The lowest BCUT2D eigenvalue weighted by Crippen LogP contribution is -1.86. The number of halogens is 1. The zero-order valence-corrected chi connectivity index (χ0v) is 10.6. The van der Waals surface area contributed by atoms with Gasteiger partial charge < -0.3 is 4.74 Å². The van der Waals surface area contributed by atoms with E-state index in [2.05, 4.69) is 0 Å². The number of benzene rings is 3. The molecule has 0 spiro atoms. The van der Waals surface area contributed by atoms with Crippen molar-refractivity contribution >= 4 is 0 Å². The zero-order valence-electron chi connectivity index (χ0n) is 10.6. The minimum atomic E-state index is -0.256. The van der Waals surface area contributed by atoms with Crippen molar-refractivity contribution in [2.45, 2.75) is 0 Å². The maximum Gasteiger partial charge on any atom is 0.135 e. The van der Waals surface area contributed by atoms with E-state index in [1.54, 1.807) is 6.07 Å². The first kappa shape index (κ1) is 11.2. The number of hydrogen-bond donors (Lipinski definition) is 0. The summed E-state index contributed by atoms with van der Waals surface area (Å²) in [6.45, 7) is 0. The fourth-order valence-electron chi connectivity index (χ4n) is 2.65. The molecule has 0 N–H and O–H groups in total. The van der Waals surface area contributed by atoms with E-state index in [0.717, 1.165) is 28.0 Å². The molecule has 1 aliphatic heterocycles. The van der Waals surface area contributed by atoms with Crippen molar-refractivity contribution in [1.29, 1.82) is 0 Å². The summed E-state index contributed by atoms with van der Waals surface area (Å²) < 4.78 is 19.6.